The number of nitrogens with zero attached hydrogens (tertiary/aromatic N) is 2. The maximum atomic E-state index is 13.2. The third-order valence-corrected chi connectivity index (χ3v) is 6.14. The van der Waals surface area contributed by atoms with E-state index in [-0.39, 0.29) is 24.0 Å². The van der Waals surface area contributed by atoms with Gasteiger partial charge in [-0.1, -0.05) is 41.9 Å². The average Bonchev–Trinajstić information content (AvgIpc) is 2.79. The van der Waals surface area contributed by atoms with Crippen LogP contribution in [0.4, 0.5) is 10.5 Å². The average molecular weight is 442 g/mol. The molecule has 2 aromatic carbocycles. The summed E-state index contributed by atoms with van der Waals surface area (Å²) in [5.74, 6) is 0.703. The van der Waals surface area contributed by atoms with Crippen LogP contribution in [0, 0.1) is 5.92 Å². The van der Waals surface area contributed by atoms with E-state index < -0.39 is 0 Å². The third kappa shape index (κ3) is 5.13. The Morgan fingerprint density at radius 3 is 2.61 bits per heavy atom. The minimum absolute atomic E-state index is 0.0508. The number of fused-ring (bicyclic) bond motifs is 1. The molecule has 6 nitrogen and oxygen atoms in total. The zero-order chi connectivity index (χ0) is 21.8. The van der Waals surface area contributed by atoms with Crippen LogP contribution in [0.15, 0.2) is 48.5 Å². The molecule has 0 saturated carbocycles. The van der Waals surface area contributed by atoms with Crippen LogP contribution in [0.25, 0.3) is 0 Å². The van der Waals surface area contributed by atoms with Crippen molar-refractivity contribution in [2.75, 3.05) is 31.1 Å². The molecule has 3 amide bonds. The van der Waals surface area contributed by atoms with Crippen LogP contribution in [-0.2, 0) is 11.2 Å². The number of carbonyl (C=O) groups is 2. The van der Waals surface area contributed by atoms with Crippen LogP contribution < -0.4 is 15.0 Å². The first-order valence-corrected chi connectivity index (χ1v) is 11.2. The highest BCUT2D eigenvalue weighted by Gasteiger charge is 2.34. The molecule has 0 aromatic heterocycles. The van der Waals surface area contributed by atoms with Crippen molar-refractivity contribution in [2.24, 2.45) is 5.92 Å². The topological polar surface area (TPSA) is 61.9 Å². The highest BCUT2D eigenvalue weighted by Crippen LogP contribution is 2.36. The van der Waals surface area contributed by atoms with Gasteiger partial charge < -0.3 is 15.0 Å². The van der Waals surface area contributed by atoms with Crippen molar-refractivity contribution in [3.05, 3.63) is 59.1 Å². The number of hydrogen-bond acceptors (Lipinski definition) is 3. The molecule has 7 heteroatoms. The molecular weight excluding hydrogens is 414 g/mol. The fourth-order valence-corrected chi connectivity index (χ4v) is 4.38. The molecule has 0 spiro atoms. The summed E-state index contributed by atoms with van der Waals surface area (Å²) in [6, 6.07) is 15.4. The Morgan fingerprint density at radius 1 is 1.13 bits per heavy atom. The van der Waals surface area contributed by atoms with Crippen LogP contribution in [0.2, 0.25) is 5.02 Å². The largest absolute Gasteiger partial charge is 0.487 e. The van der Waals surface area contributed by atoms with E-state index in [9.17, 15) is 9.59 Å². The molecule has 0 bridgehead atoms. The van der Waals surface area contributed by atoms with Gasteiger partial charge in [-0.3, -0.25) is 9.69 Å². The number of halogens is 1. The van der Waals surface area contributed by atoms with Gasteiger partial charge in [0.2, 0.25) is 5.91 Å². The normalized spacial score (nSPS) is 18.8. The molecule has 4 rings (SSSR count). The van der Waals surface area contributed by atoms with E-state index in [2.05, 4.69) is 17.4 Å². The Bertz CT molecular complexity index is 929. The first kappa shape index (κ1) is 21.5. The summed E-state index contributed by atoms with van der Waals surface area (Å²) in [5.41, 5.74) is 1.92. The van der Waals surface area contributed by atoms with Gasteiger partial charge in [-0.2, -0.15) is 0 Å². The quantitative estimate of drug-likeness (QED) is 0.776. The molecule has 2 aliphatic rings. The molecule has 1 unspecified atom stereocenters. The molecule has 1 saturated heterocycles. The lowest BCUT2D eigenvalue weighted by atomic mass is 9.96. The number of anilines is 1. The summed E-state index contributed by atoms with van der Waals surface area (Å²) >= 11 is 6.15. The standard InChI is InChI=1S/C24H28ClN3O3/c1-17-16-28(21-15-20(25)7-8-22(21)31-17)24(30)27-13-10-19(11-14-27)23(29)26-12-9-18-5-3-2-4-6-18/h2-8,15,17,19H,9-14,16H2,1H3,(H,26,29). The summed E-state index contributed by atoms with van der Waals surface area (Å²) in [7, 11) is 0. The second-order valence-corrected chi connectivity index (χ2v) is 8.66. The Hall–Kier alpha value is -2.73. The van der Waals surface area contributed by atoms with Crippen LogP contribution >= 0.6 is 11.6 Å². The van der Waals surface area contributed by atoms with E-state index in [1.807, 2.05) is 30.0 Å². The second-order valence-electron chi connectivity index (χ2n) is 8.22. The second kappa shape index (κ2) is 9.60. The number of likely N-dealkylation sites (tertiary alicyclic amines) is 1. The molecule has 0 radical (unpaired) electrons. The van der Waals surface area contributed by atoms with Gasteiger partial charge in [-0.15, -0.1) is 0 Å². The minimum atomic E-state index is -0.0921. The van der Waals surface area contributed by atoms with Gasteiger partial charge in [-0.05, 0) is 49.9 Å². The molecule has 1 atom stereocenters. The SMILES string of the molecule is CC1CN(C(=O)N2CCC(C(=O)NCCc3ccccc3)CC2)c2cc(Cl)ccc2O1. The number of amides is 3. The number of nitrogens with one attached hydrogen (secondary N) is 1. The molecule has 2 aliphatic heterocycles. The fraction of sp³-hybridized carbons (Fsp3) is 0.417. The molecule has 31 heavy (non-hydrogen) atoms. The number of carbonyl (C=O) groups excluding carboxylic acids is 2. The summed E-state index contributed by atoms with van der Waals surface area (Å²) in [4.78, 5) is 29.4. The molecule has 1 N–H and O–H groups in total. The van der Waals surface area contributed by atoms with Gasteiger partial charge >= 0.3 is 6.03 Å². The van der Waals surface area contributed by atoms with Crippen molar-refractivity contribution in [1.29, 1.82) is 0 Å². The summed E-state index contributed by atoms with van der Waals surface area (Å²) in [5, 5.41) is 3.62. The van der Waals surface area contributed by atoms with E-state index in [1.54, 1.807) is 23.1 Å². The number of hydrogen-bond donors (Lipinski definition) is 1. The van der Waals surface area contributed by atoms with Crippen molar-refractivity contribution in [2.45, 2.75) is 32.3 Å². The Morgan fingerprint density at radius 2 is 1.87 bits per heavy atom. The highest BCUT2D eigenvalue weighted by molar-refractivity contribution is 6.31. The lowest BCUT2D eigenvalue weighted by molar-refractivity contribution is -0.126. The first-order chi connectivity index (χ1) is 15.0. The predicted octanol–water partition coefficient (Wildman–Crippen LogP) is 4.12. The Balaban J connectivity index is 1.30. The predicted molar refractivity (Wildman–Crippen MR) is 122 cm³/mol. The fourth-order valence-electron chi connectivity index (χ4n) is 4.21. The lowest BCUT2D eigenvalue weighted by Crippen LogP contribution is -2.52. The van der Waals surface area contributed by atoms with Crippen molar-refractivity contribution in [3.63, 3.8) is 0 Å². The van der Waals surface area contributed by atoms with E-state index in [0.29, 0.717) is 55.5 Å². The maximum Gasteiger partial charge on any atom is 0.324 e. The smallest absolute Gasteiger partial charge is 0.324 e. The van der Waals surface area contributed by atoms with Crippen LogP contribution in [0.5, 0.6) is 5.75 Å². The minimum Gasteiger partial charge on any atom is -0.487 e. The van der Waals surface area contributed by atoms with E-state index in [0.717, 1.165) is 6.42 Å². The summed E-state index contributed by atoms with van der Waals surface area (Å²) in [6.07, 6.45) is 2.07. The number of urea groups is 1. The molecule has 2 heterocycles. The van der Waals surface area contributed by atoms with Gasteiger partial charge in [0, 0.05) is 30.6 Å². The molecular formula is C24H28ClN3O3. The Labute approximate surface area is 188 Å². The van der Waals surface area contributed by atoms with Crippen LogP contribution in [0.1, 0.15) is 25.3 Å². The molecule has 2 aromatic rings. The molecule has 1 fully saturated rings. The van der Waals surface area contributed by atoms with Crippen molar-refractivity contribution in [1.82, 2.24) is 10.2 Å². The summed E-state index contributed by atoms with van der Waals surface area (Å²) < 4.78 is 5.85. The zero-order valence-electron chi connectivity index (χ0n) is 17.7. The van der Waals surface area contributed by atoms with E-state index in [4.69, 9.17) is 16.3 Å². The number of piperidine rings is 1. The summed E-state index contributed by atoms with van der Waals surface area (Å²) in [6.45, 7) is 4.19. The van der Waals surface area contributed by atoms with Crippen LogP contribution in [-0.4, -0.2) is 49.1 Å². The third-order valence-electron chi connectivity index (χ3n) is 5.90. The van der Waals surface area contributed by atoms with Crippen molar-refractivity contribution >= 4 is 29.2 Å². The van der Waals surface area contributed by atoms with Crippen molar-refractivity contribution in [3.8, 4) is 5.75 Å². The monoisotopic (exact) mass is 441 g/mol. The van der Waals surface area contributed by atoms with Gasteiger partial charge in [0.05, 0.1) is 12.2 Å². The lowest BCUT2D eigenvalue weighted by Gasteiger charge is -2.39. The van der Waals surface area contributed by atoms with Crippen LogP contribution in [0.3, 0.4) is 0 Å². The van der Waals surface area contributed by atoms with E-state index in [1.165, 1.54) is 5.56 Å². The zero-order valence-corrected chi connectivity index (χ0v) is 18.5. The number of benzene rings is 2. The van der Waals surface area contributed by atoms with E-state index >= 15 is 0 Å². The Kier molecular flexibility index (Phi) is 6.66. The number of rotatable bonds is 4. The first-order valence-electron chi connectivity index (χ1n) is 10.9. The maximum absolute atomic E-state index is 13.2. The highest BCUT2D eigenvalue weighted by atomic mass is 35.5. The van der Waals surface area contributed by atoms with Gasteiger partial charge in [-0.25, -0.2) is 4.79 Å². The van der Waals surface area contributed by atoms with Crippen molar-refractivity contribution < 1.29 is 14.3 Å². The number of ether oxygens (including phenoxy) is 1. The van der Waals surface area contributed by atoms with Gasteiger partial charge in [0.15, 0.2) is 0 Å². The van der Waals surface area contributed by atoms with Gasteiger partial charge in [0.1, 0.15) is 11.9 Å². The molecule has 164 valence electrons. The molecule has 0 aliphatic carbocycles. The van der Waals surface area contributed by atoms with Gasteiger partial charge in [0.25, 0.3) is 0 Å².